The molecule has 4 nitrogen and oxygen atoms in total. The average molecular weight is 260 g/mol. The largest absolute Gasteiger partial charge is 0.396 e. The van der Waals surface area contributed by atoms with Crippen molar-refractivity contribution in [2.24, 2.45) is 0 Å². The minimum absolute atomic E-state index is 0.492. The van der Waals surface area contributed by atoms with Crippen molar-refractivity contribution in [3.63, 3.8) is 0 Å². The summed E-state index contributed by atoms with van der Waals surface area (Å²) < 4.78 is 0. The zero-order valence-electron chi connectivity index (χ0n) is 12.0. The normalized spacial score (nSPS) is 28.2. The number of anilines is 2. The number of piperazine rings is 1. The van der Waals surface area contributed by atoms with E-state index in [4.69, 9.17) is 5.73 Å². The summed E-state index contributed by atoms with van der Waals surface area (Å²) in [5, 5.41) is 0. The highest BCUT2D eigenvalue weighted by atomic mass is 15.3. The predicted molar refractivity (Wildman–Crippen MR) is 79.4 cm³/mol. The summed E-state index contributed by atoms with van der Waals surface area (Å²) in [4.78, 5) is 9.59. The van der Waals surface area contributed by atoms with E-state index >= 15 is 0 Å². The van der Waals surface area contributed by atoms with Crippen LogP contribution in [-0.2, 0) is 0 Å². The zero-order chi connectivity index (χ0) is 13.4. The molecule has 0 saturated carbocycles. The predicted octanol–water partition coefficient (Wildman–Crippen LogP) is 2.04. The van der Waals surface area contributed by atoms with Gasteiger partial charge in [-0.2, -0.15) is 0 Å². The Kier molecular flexibility index (Phi) is 3.35. The van der Waals surface area contributed by atoms with Crippen LogP contribution in [0.2, 0.25) is 0 Å². The van der Waals surface area contributed by atoms with E-state index in [0.29, 0.717) is 12.1 Å². The Labute approximate surface area is 115 Å². The van der Waals surface area contributed by atoms with Crippen LogP contribution in [0.25, 0.3) is 0 Å². The molecule has 19 heavy (non-hydrogen) atoms. The molecule has 3 heterocycles. The van der Waals surface area contributed by atoms with Gasteiger partial charge in [0, 0.05) is 31.4 Å². The maximum absolute atomic E-state index is 6.23. The fourth-order valence-corrected chi connectivity index (χ4v) is 3.43. The van der Waals surface area contributed by atoms with Crippen LogP contribution in [0.3, 0.4) is 0 Å². The molecule has 2 N–H and O–H groups in total. The molecule has 0 aromatic carbocycles. The number of nitrogens with two attached hydrogens (primary N) is 1. The summed E-state index contributed by atoms with van der Waals surface area (Å²) >= 11 is 0. The van der Waals surface area contributed by atoms with Gasteiger partial charge in [-0.1, -0.05) is 6.42 Å². The van der Waals surface area contributed by atoms with E-state index in [0.717, 1.165) is 30.2 Å². The minimum atomic E-state index is 0.492. The summed E-state index contributed by atoms with van der Waals surface area (Å²) in [6, 6.07) is 3.16. The molecule has 1 aromatic rings. The molecular formula is C15H24N4. The number of piperidine rings is 1. The van der Waals surface area contributed by atoms with Crippen molar-refractivity contribution in [3.05, 3.63) is 17.8 Å². The van der Waals surface area contributed by atoms with E-state index < -0.39 is 0 Å². The van der Waals surface area contributed by atoms with Crippen LogP contribution >= 0.6 is 0 Å². The summed E-state index contributed by atoms with van der Waals surface area (Å²) in [6.07, 6.45) is 5.91. The quantitative estimate of drug-likeness (QED) is 0.839. The molecule has 0 bridgehead atoms. The second kappa shape index (κ2) is 5.00. The standard InChI is InChI=1S/C15H24N4/c1-11-6-7-17-15(14(11)16)19-10-13-5-3-4-8-18(13)9-12(19)2/h6-7,12-13H,3-5,8-10,16H2,1-2H3. The van der Waals surface area contributed by atoms with E-state index in [2.05, 4.69) is 28.6 Å². The van der Waals surface area contributed by atoms with Crippen molar-refractivity contribution >= 4 is 11.5 Å². The number of nitrogen functional groups attached to an aromatic ring is 1. The monoisotopic (exact) mass is 260 g/mol. The first-order valence-corrected chi connectivity index (χ1v) is 7.38. The van der Waals surface area contributed by atoms with Gasteiger partial charge in [-0.05, 0) is 44.9 Å². The Morgan fingerprint density at radius 2 is 2.16 bits per heavy atom. The van der Waals surface area contributed by atoms with Crippen molar-refractivity contribution in [2.75, 3.05) is 30.3 Å². The van der Waals surface area contributed by atoms with E-state index in [1.807, 2.05) is 12.3 Å². The molecule has 0 spiro atoms. The molecule has 0 radical (unpaired) electrons. The van der Waals surface area contributed by atoms with Gasteiger partial charge in [0.25, 0.3) is 0 Å². The third-order valence-electron chi connectivity index (χ3n) is 4.65. The number of nitrogens with zero attached hydrogens (tertiary/aromatic N) is 3. The first-order chi connectivity index (χ1) is 9.16. The average Bonchev–Trinajstić information content (AvgIpc) is 2.41. The highest BCUT2D eigenvalue weighted by Crippen LogP contribution is 2.31. The van der Waals surface area contributed by atoms with E-state index in [1.165, 1.54) is 25.8 Å². The molecule has 2 unspecified atom stereocenters. The maximum Gasteiger partial charge on any atom is 0.152 e. The molecule has 1 aromatic heterocycles. The lowest BCUT2D eigenvalue weighted by Crippen LogP contribution is -2.59. The molecule has 104 valence electrons. The molecule has 2 aliphatic heterocycles. The highest BCUT2D eigenvalue weighted by Gasteiger charge is 2.34. The van der Waals surface area contributed by atoms with Gasteiger partial charge in [0.2, 0.25) is 0 Å². The van der Waals surface area contributed by atoms with Gasteiger partial charge in [-0.15, -0.1) is 0 Å². The Morgan fingerprint density at radius 3 is 3.00 bits per heavy atom. The number of pyridine rings is 1. The van der Waals surface area contributed by atoms with Gasteiger partial charge < -0.3 is 10.6 Å². The van der Waals surface area contributed by atoms with Crippen LogP contribution in [0.15, 0.2) is 12.3 Å². The van der Waals surface area contributed by atoms with Crippen molar-refractivity contribution in [1.29, 1.82) is 0 Å². The number of hydrogen-bond acceptors (Lipinski definition) is 4. The highest BCUT2D eigenvalue weighted by molar-refractivity contribution is 5.67. The van der Waals surface area contributed by atoms with Crippen molar-refractivity contribution in [1.82, 2.24) is 9.88 Å². The van der Waals surface area contributed by atoms with Crippen LogP contribution in [-0.4, -0.2) is 41.6 Å². The van der Waals surface area contributed by atoms with Gasteiger partial charge in [0.05, 0.1) is 5.69 Å². The minimum Gasteiger partial charge on any atom is -0.396 e. The van der Waals surface area contributed by atoms with E-state index in [9.17, 15) is 0 Å². The lowest BCUT2D eigenvalue weighted by Gasteiger charge is -2.48. The van der Waals surface area contributed by atoms with Crippen LogP contribution in [0.4, 0.5) is 11.5 Å². The Balaban J connectivity index is 1.86. The van der Waals surface area contributed by atoms with Crippen LogP contribution < -0.4 is 10.6 Å². The second-order valence-corrected chi connectivity index (χ2v) is 6.01. The van der Waals surface area contributed by atoms with Crippen LogP contribution in [0, 0.1) is 6.92 Å². The topological polar surface area (TPSA) is 45.4 Å². The lowest BCUT2D eigenvalue weighted by molar-refractivity contribution is 0.115. The molecule has 3 rings (SSSR count). The van der Waals surface area contributed by atoms with Crippen LogP contribution in [0.1, 0.15) is 31.7 Å². The van der Waals surface area contributed by atoms with Crippen LogP contribution in [0.5, 0.6) is 0 Å². The van der Waals surface area contributed by atoms with Crippen molar-refractivity contribution < 1.29 is 0 Å². The third kappa shape index (κ3) is 2.29. The molecule has 0 amide bonds. The summed E-state index contributed by atoms with van der Waals surface area (Å²) in [6.45, 7) is 7.82. The number of rotatable bonds is 1. The van der Waals surface area contributed by atoms with E-state index in [1.54, 1.807) is 0 Å². The Morgan fingerprint density at radius 1 is 1.32 bits per heavy atom. The van der Waals surface area contributed by atoms with Gasteiger partial charge in [-0.3, -0.25) is 4.90 Å². The van der Waals surface area contributed by atoms with Crippen molar-refractivity contribution in [3.8, 4) is 0 Å². The molecule has 2 atom stereocenters. The number of aryl methyl sites for hydroxylation is 1. The second-order valence-electron chi connectivity index (χ2n) is 6.01. The Hall–Kier alpha value is -1.29. The van der Waals surface area contributed by atoms with Gasteiger partial charge in [0.1, 0.15) is 0 Å². The molecule has 2 saturated heterocycles. The first-order valence-electron chi connectivity index (χ1n) is 7.38. The van der Waals surface area contributed by atoms with E-state index in [-0.39, 0.29) is 0 Å². The smallest absolute Gasteiger partial charge is 0.152 e. The van der Waals surface area contributed by atoms with Gasteiger partial charge >= 0.3 is 0 Å². The molecule has 2 fully saturated rings. The molecular weight excluding hydrogens is 236 g/mol. The Bertz CT molecular complexity index is 459. The molecule has 0 aliphatic carbocycles. The zero-order valence-corrected chi connectivity index (χ0v) is 12.0. The SMILES string of the molecule is Cc1ccnc(N2CC3CCCCN3CC2C)c1N. The molecule has 2 aliphatic rings. The molecule has 4 heteroatoms. The summed E-state index contributed by atoms with van der Waals surface area (Å²) in [5.74, 6) is 0.984. The van der Waals surface area contributed by atoms with Crippen molar-refractivity contribution in [2.45, 2.75) is 45.2 Å². The summed E-state index contributed by atoms with van der Waals surface area (Å²) in [5.41, 5.74) is 8.20. The fraction of sp³-hybridized carbons (Fsp3) is 0.667. The number of fused-ring (bicyclic) bond motifs is 1. The van der Waals surface area contributed by atoms with Gasteiger partial charge in [-0.25, -0.2) is 4.98 Å². The number of aromatic nitrogens is 1. The van der Waals surface area contributed by atoms with Gasteiger partial charge in [0.15, 0.2) is 5.82 Å². The first kappa shape index (κ1) is 12.7. The fourth-order valence-electron chi connectivity index (χ4n) is 3.43. The maximum atomic E-state index is 6.23. The lowest BCUT2D eigenvalue weighted by atomic mass is 9.97. The summed E-state index contributed by atoms with van der Waals surface area (Å²) in [7, 11) is 0. The third-order valence-corrected chi connectivity index (χ3v) is 4.65. The number of hydrogen-bond donors (Lipinski definition) is 1.